The van der Waals surface area contributed by atoms with E-state index in [0.717, 1.165) is 38.0 Å². The lowest BCUT2D eigenvalue weighted by Gasteiger charge is -2.31. The second kappa shape index (κ2) is 6.27. The van der Waals surface area contributed by atoms with Gasteiger partial charge >= 0.3 is 0 Å². The monoisotopic (exact) mass is 252 g/mol. The molecule has 4 heteroatoms. The van der Waals surface area contributed by atoms with Gasteiger partial charge in [-0.15, -0.1) is 0 Å². The molecule has 0 aliphatic carbocycles. The summed E-state index contributed by atoms with van der Waals surface area (Å²) in [5.41, 5.74) is 7.18. The van der Waals surface area contributed by atoms with Gasteiger partial charge in [-0.1, -0.05) is 12.1 Å². The summed E-state index contributed by atoms with van der Waals surface area (Å²) < 4.78 is 13.3. The Kier molecular flexibility index (Phi) is 4.69. The third-order valence-corrected chi connectivity index (χ3v) is 3.60. The van der Waals surface area contributed by atoms with Crippen LogP contribution in [0.1, 0.15) is 24.0 Å². The molecule has 1 aromatic rings. The summed E-state index contributed by atoms with van der Waals surface area (Å²) in [6, 6.07) is 5.15. The molecule has 0 aromatic heterocycles. The van der Waals surface area contributed by atoms with Crippen LogP contribution in [0.25, 0.3) is 0 Å². The third-order valence-electron chi connectivity index (χ3n) is 3.60. The van der Waals surface area contributed by atoms with E-state index in [0.29, 0.717) is 11.5 Å². The number of hydrogen-bond donors (Lipinski definition) is 2. The number of piperidine rings is 1. The molecule has 0 amide bonds. The fourth-order valence-corrected chi connectivity index (χ4v) is 2.58. The highest BCUT2D eigenvalue weighted by atomic mass is 19.1. The molecule has 1 aliphatic heterocycles. The van der Waals surface area contributed by atoms with Crippen molar-refractivity contribution in [3.05, 3.63) is 35.1 Å². The lowest BCUT2D eigenvalue weighted by molar-refractivity contribution is 0.116. The van der Waals surface area contributed by atoms with Crippen LogP contribution in [0, 0.1) is 11.7 Å². The number of nitrogens with zero attached hydrogens (tertiary/aromatic N) is 1. The summed E-state index contributed by atoms with van der Waals surface area (Å²) >= 11 is 0. The minimum Gasteiger partial charge on any atom is -0.396 e. The van der Waals surface area contributed by atoms with E-state index in [1.54, 1.807) is 0 Å². The number of aliphatic hydroxyl groups excluding tert-OH is 1. The largest absolute Gasteiger partial charge is 0.396 e. The molecule has 1 aromatic carbocycles. The summed E-state index contributed by atoms with van der Waals surface area (Å²) in [7, 11) is 0. The lowest BCUT2D eigenvalue weighted by Crippen LogP contribution is -2.36. The van der Waals surface area contributed by atoms with Gasteiger partial charge in [-0.3, -0.25) is 4.90 Å². The van der Waals surface area contributed by atoms with Crippen LogP contribution in [0.5, 0.6) is 0 Å². The molecule has 1 fully saturated rings. The number of benzene rings is 1. The lowest BCUT2D eigenvalue weighted by atomic mass is 9.98. The molecule has 2 rings (SSSR count). The van der Waals surface area contributed by atoms with Gasteiger partial charge in [0.15, 0.2) is 0 Å². The van der Waals surface area contributed by atoms with Gasteiger partial charge in [0.05, 0.1) is 0 Å². The van der Waals surface area contributed by atoms with Crippen molar-refractivity contribution in [2.75, 3.05) is 19.7 Å². The van der Waals surface area contributed by atoms with Gasteiger partial charge in [-0.25, -0.2) is 4.39 Å². The molecule has 3 nitrogen and oxygen atoms in total. The topological polar surface area (TPSA) is 49.5 Å². The predicted molar refractivity (Wildman–Crippen MR) is 69.4 cm³/mol. The Morgan fingerprint density at radius 2 is 2.28 bits per heavy atom. The van der Waals surface area contributed by atoms with E-state index >= 15 is 0 Å². The van der Waals surface area contributed by atoms with Crippen molar-refractivity contribution in [2.45, 2.75) is 25.9 Å². The fraction of sp³-hybridized carbons (Fsp3) is 0.571. The summed E-state index contributed by atoms with van der Waals surface area (Å²) in [6.07, 6.45) is 2.22. The zero-order valence-corrected chi connectivity index (χ0v) is 10.6. The molecule has 100 valence electrons. The molecule has 1 saturated heterocycles. The molecule has 0 bridgehead atoms. The van der Waals surface area contributed by atoms with Gasteiger partial charge in [0, 0.05) is 31.8 Å². The highest BCUT2D eigenvalue weighted by Gasteiger charge is 2.19. The Bertz CT molecular complexity index is 397. The standard InChI is InChI=1S/C14H21FN2O/c15-14-4-3-11(6-13(14)7-16)8-17-5-1-2-12(9-17)10-18/h3-4,6,12,18H,1-2,5,7-10,16H2. The van der Waals surface area contributed by atoms with Crippen molar-refractivity contribution in [2.24, 2.45) is 11.7 Å². The van der Waals surface area contributed by atoms with Crippen molar-refractivity contribution in [1.29, 1.82) is 0 Å². The van der Waals surface area contributed by atoms with Gasteiger partial charge in [-0.05, 0) is 36.9 Å². The minimum absolute atomic E-state index is 0.229. The van der Waals surface area contributed by atoms with Crippen molar-refractivity contribution in [3.8, 4) is 0 Å². The first-order chi connectivity index (χ1) is 8.72. The van der Waals surface area contributed by atoms with E-state index in [4.69, 9.17) is 5.73 Å². The van der Waals surface area contributed by atoms with Crippen LogP contribution in [0.4, 0.5) is 4.39 Å². The number of aliphatic hydroxyl groups is 1. The molecule has 1 heterocycles. The first-order valence-corrected chi connectivity index (χ1v) is 6.53. The number of hydrogen-bond acceptors (Lipinski definition) is 3. The van der Waals surface area contributed by atoms with E-state index in [9.17, 15) is 9.50 Å². The van der Waals surface area contributed by atoms with Crippen molar-refractivity contribution < 1.29 is 9.50 Å². The van der Waals surface area contributed by atoms with Gasteiger partial charge in [-0.2, -0.15) is 0 Å². The zero-order valence-electron chi connectivity index (χ0n) is 10.6. The smallest absolute Gasteiger partial charge is 0.127 e. The van der Waals surface area contributed by atoms with Crippen molar-refractivity contribution in [1.82, 2.24) is 4.90 Å². The maximum Gasteiger partial charge on any atom is 0.127 e. The first kappa shape index (κ1) is 13.5. The van der Waals surface area contributed by atoms with Gasteiger partial charge in [0.25, 0.3) is 0 Å². The molecular weight excluding hydrogens is 231 g/mol. The van der Waals surface area contributed by atoms with Crippen LogP contribution in [-0.2, 0) is 13.1 Å². The number of halogens is 1. The Morgan fingerprint density at radius 3 is 3.00 bits per heavy atom. The molecule has 1 aliphatic rings. The summed E-state index contributed by atoms with van der Waals surface area (Å²) in [4.78, 5) is 2.32. The van der Waals surface area contributed by atoms with Gasteiger partial charge in [0.1, 0.15) is 5.82 Å². The number of nitrogens with two attached hydrogens (primary N) is 1. The van der Waals surface area contributed by atoms with Crippen LogP contribution in [0.2, 0.25) is 0 Å². The normalized spacial score (nSPS) is 21.2. The van der Waals surface area contributed by atoms with Crippen LogP contribution >= 0.6 is 0 Å². The quantitative estimate of drug-likeness (QED) is 0.853. The van der Waals surface area contributed by atoms with Crippen LogP contribution in [0.3, 0.4) is 0 Å². The second-order valence-corrected chi connectivity index (χ2v) is 5.06. The molecule has 0 spiro atoms. The Labute approximate surface area is 107 Å². The van der Waals surface area contributed by atoms with Gasteiger partial charge in [0.2, 0.25) is 0 Å². The Hall–Kier alpha value is -0.970. The third kappa shape index (κ3) is 3.28. The SMILES string of the molecule is NCc1cc(CN2CCCC(CO)C2)ccc1F. The second-order valence-electron chi connectivity index (χ2n) is 5.06. The average molecular weight is 252 g/mol. The molecule has 18 heavy (non-hydrogen) atoms. The average Bonchev–Trinajstić information content (AvgIpc) is 2.41. The van der Waals surface area contributed by atoms with E-state index in [-0.39, 0.29) is 19.0 Å². The van der Waals surface area contributed by atoms with Gasteiger partial charge < -0.3 is 10.8 Å². The van der Waals surface area contributed by atoms with Crippen molar-refractivity contribution >= 4 is 0 Å². The summed E-state index contributed by atoms with van der Waals surface area (Å²) in [5, 5.41) is 9.20. The van der Waals surface area contributed by atoms with E-state index in [2.05, 4.69) is 4.90 Å². The fourth-order valence-electron chi connectivity index (χ4n) is 2.58. The zero-order chi connectivity index (χ0) is 13.0. The number of likely N-dealkylation sites (tertiary alicyclic amines) is 1. The first-order valence-electron chi connectivity index (χ1n) is 6.53. The number of rotatable bonds is 4. The molecule has 1 atom stereocenters. The summed E-state index contributed by atoms with van der Waals surface area (Å²) in [6.45, 7) is 3.27. The molecule has 3 N–H and O–H groups in total. The molecule has 0 radical (unpaired) electrons. The molecule has 0 saturated carbocycles. The summed E-state index contributed by atoms with van der Waals surface area (Å²) in [5.74, 6) is 0.154. The maximum atomic E-state index is 13.3. The Morgan fingerprint density at radius 1 is 1.44 bits per heavy atom. The highest BCUT2D eigenvalue weighted by molar-refractivity contribution is 5.25. The van der Waals surface area contributed by atoms with E-state index in [1.807, 2.05) is 12.1 Å². The molecule has 1 unspecified atom stereocenters. The van der Waals surface area contributed by atoms with Crippen LogP contribution < -0.4 is 5.73 Å². The van der Waals surface area contributed by atoms with Crippen molar-refractivity contribution in [3.63, 3.8) is 0 Å². The maximum absolute atomic E-state index is 13.3. The Balaban J connectivity index is 2.00. The predicted octanol–water partition coefficient (Wildman–Crippen LogP) is 1.49. The van der Waals surface area contributed by atoms with E-state index in [1.165, 1.54) is 6.07 Å². The van der Waals surface area contributed by atoms with Crippen LogP contribution in [-0.4, -0.2) is 29.7 Å². The van der Waals surface area contributed by atoms with E-state index < -0.39 is 0 Å². The van der Waals surface area contributed by atoms with Crippen LogP contribution in [0.15, 0.2) is 18.2 Å². The minimum atomic E-state index is -0.229. The highest BCUT2D eigenvalue weighted by Crippen LogP contribution is 2.19. The molecular formula is C14H21FN2O.